The summed E-state index contributed by atoms with van der Waals surface area (Å²) < 4.78 is 56.7. The van der Waals surface area contributed by atoms with Crippen LogP contribution in [-0.2, 0) is 37.4 Å². The first-order valence-electron chi connectivity index (χ1n) is 1.95. The zero-order valence-electron chi connectivity index (χ0n) is 7.28. The van der Waals surface area contributed by atoms with Gasteiger partial charge in [0, 0.05) is 0 Å². The first-order valence-corrected chi connectivity index (χ1v) is 5.23. The van der Waals surface area contributed by atoms with E-state index in [0.717, 1.165) is 0 Å². The van der Waals surface area contributed by atoms with Gasteiger partial charge in [-0.05, 0) is 0 Å². The summed E-state index contributed by atoms with van der Waals surface area (Å²) in [6, 6.07) is 0. The average molecular weight is 286 g/mol. The molecule has 0 aromatic heterocycles. The molecule has 0 spiro atoms. The molecule has 0 aliphatic carbocycles. The van der Waals surface area contributed by atoms with Crippen molar-refractivity contribution >= 4 is 33.8 Å². The maximum absolute atomic E-state index is 9.23. The van der Waals surface area contributed by atoms with Crippen LogP contribution in [0.4, 0.5) is 0 Å². The van der Waals surface area contributed by atoms with Crippen molar-refractivity contribution in [1.82, 2.24) is 0 Å². The van der Waals surface area contributed by atoms with Crippen LogP contribution in [0, 0.1) is 0 Å². The van der Waals surface area contributed by atoms with Crippen LogP contribution in [0.25, 0.3) is 0 Å². The van der Waals surface area contributed by atoms with Crippen molar-refractivity contribution in [1.29, 1.82) is 0 Å². The second-order valence-electron chi connectivity index (χ2n) is 0.927. The molecule has 0 fully saturated rings. The molecule has 0 heterocycles. The average Bonchev–Trinajstić information content (AvgIpc) is 1.85. The van der Waals surface area contributed by atoms with Gasteiger partial charge < -0.3 is 18.8 Å². The van der Waals surface area contributed by atoms with Crippen LogP contribution in [0.15, 0.2) is 0 Å². The second-order valence-corrected chi connectivity index (χ2v) is 3.19. The van der Waals surface area contributed by atoms with Crippen LogP contribution in [-0.4, -0.2) is 37.3 Å². The van der Waals surface area contributed by atoms with E-state index in [1.54, 1.807) is 0 Å². The molecule has 0 amide bonds. The minimum Gasteiger partial charge on any atom is -0.749 e. The summed E-state index contributed by atoms with van der Waals surface area (Å²) in [6.45, 7) is 0. The SMILES string of the molecule is O=S(O)CO.O=S([O-])OS(=O)[O-].[Na+].[Na+]. The molecule has 14 heavy (non-hydrogen) atoms. The van der Waals surface area contributed by atoms with Crippen molar-refractivity contribution in [2.24, 2.45) is 0 Å². The van der Waals surface area contributed by atoms with Crippen molar-refractivity contribution in [3.05, 3.63) is 0 Å². The Morgan fingerprint density at radius 1 is 1.07 bits per heavy atom. The molecule has 0 aliphatic heterocycles. The van der Waals surface area contributed by atoms with E-state index in [-0.39, 0.29) is 59.1 Å². The molecule has 0 radical (unpaired) electrons. The van der Waals surface area contributed by atoms with Gasteiger partial charge >= 0.3 is 59.1 Å². The van der Waals surface area contributed by atoms with Gasteiger partial charge in [0.15, 0.2) is 11.1 Å². The first-order chi connectivity index (χ1) is 5.40. The summed E-state index contributed by atoms with van der Waals surface area (Å²) in [5.41, 5.74) is 0. The largest absolute Gasteiger partial charge is 1.00 e. The summed E-state index contributed by atoms with van der Waals surface area (Å²) in [4.78, 5) is 0. The van der Waals surface area contributed by atoms with Gasteiger partial charge in [0.25, 0.3) is 0 Å². The van der Waals surface area contributed by atoms with E-state index < -0.39 is 39.7 Å². The fraction of sp³-hybridized carbons (Fsp3) is 1.00. The molecule has 0 bridgehead atoms. The summed E-state index contributed by atoms with van der Waals surface area (Å²) in [5, 5.41) is 7.59. The Morgan fingerprint density at radius 2 is 1.29 bits per heavy atom. The molecule has 13 heteroatoms. The minimum atomic E-state index is -2.96. The first kappa shape index (κ1) is 25.2. The van der Waals surface area contributed by atoms with Gasteiger partial charge in [-0.1, -0.05) is 0 Å². The molecule has 0 saturated heterocycles. The molecule has 2 N–H and O–H groups in total. The number of aliphatic hydroxyl groups excluding tert-OH is 1. The Labute approximate surface area is 132 Å². The fourth-order valence-corrected chi connectivity index (χ4v) is 0.408. The van der Waals surface area contributed by atoms with Crippen LogP contribution < -0.4 is 59.1 Å². The summed E-state index contributed by atoms with van der Waals surface area (Å²) >= 11 is -7.93. The van der Waals surface area contributed by atoms with Crippen LogP contribution in [0.5, 0.6) is 0 Å². The smallest absolute Gasteiger partial charge is 0.749 e. The maximum atomic E-state index is 9.23. The quantitative estimate of drug-likeness (QED) is 0.384. The number of aliphatic hydroxyl groups is 1. The van der Waals surface area contributed by atoms with Gasteiger partial charge in [-0.25, -0.2) is 16.3 Å². The van der Waals surface area contributed by atoms with Crippen molar-refractivity contribution in [3.8, 4) is 0 Å². The predicted octanol–water partition coefficient (Wildman–Crippen LogP) is -8.24. The molecule has 0 aliphatic rings. The van der Waals surface area contributed by atoms with Crippen LogP contribution in [0.2, 0.25) is 0 Å². The van der Waals surface area contributed by atoms with Gasteiger partial charge in [0.1, 0.15) is 5.94 Å². The Hall–Kier alpha value is 2.25. The van der Waals surface area contributed by atoms with E-state index in [4.69, 9.17) is 9.66 Å². The van der Waals surface area contributed by atoms with Gasteiger partial charge in [-0.3, -0.25) is 0 Å². The number of hydrogen-bond acceptors (Lipinski definition) is 7. The molecule has 76 valence electrons. The monoisotopic (exact) mass is 286 g/mol. The van der Waals surface area contributed by atoms with Gasteiger partial charge in [0.05, 0.1) is 22.7 Å². The Morgan fingerprint density at radius 3 is 1.29 bits per heavy atom. The van der Waals surface area contributed by atoms with Crippen molar-refractivity contribution in [2.45, 2.75) is 0 Å². The van der Waals surface area contributed by atoms with Gasteiger partial charge in [-0.15, -0.1) is 0 Å². The van der Waals surface area contributed by atoms with Crippen molar-refractivity contribution < 1.29 is 94.1 Å². The third-order valence-corrected chi connectivity index (χ3v) is 1.33. The molecular formula is CH4Na2O8S3. The van der Waals surface area contributed by atoms with E-state index in [1.807, 2.05) is 0 Å². The second kappa shape index (κ2) is 17.6. The summed E-state index contributed by atoms with van der Waals surface area (Å²) in [7, 11) is 0. The third kappa shape index (κ3) is 36.8. The number of hydrogen-bond donors (Lipinski definition) is 2. The van der Waals surface area contributed by atoms with E-state index in [2.05, 4.69) is 3.63 Å². The topological polar surface area (TPSA) is 147 Å². The normalized spacial score (nSPS) is 14.6. The predicted molar refractivity (Wildman–Crippen MR) is 36.8 cm³/mol. The molecule has 0 aromatic rings. The van der Waals surface area contributed by atoms with E-state index in [9.17, 15) is 21.7 Å². The Bertz CT molecular complexity index is 171. The molecule has 0 aromatic carbocycles. The Kier molecular flexibility index (Phi) is 31.7. The Balaban J connectivity index is -0.0000000651. The standard InChI is InChI=1S/CH4O3S.2Na.H2O5S2/c2-1-5(3)4;;;1-6(2)5-7(3)4/h2H,1H2,(H,3,4);;;(H,1,2)(H,3,4)/q;2*+1;/p-2. The summed E-state index contributed by atoms with van der Waals surface area (Å²) in [5.74, 6) is -0.667. The minimum absolute atomic E-state index is 0. The zero-order chi connectivity index (χ0) is 10.1. The molecular weight excluding hydrogens is 282 g/mol. The molecule has 0 rings (SSSR count). The van der Waals surface area contributed by atoms with Crippen LogP contribution in [0.3, 0.4) is 0 Å². The third-order valence-electron chi connectivity index (χ3n) is 0.222. The zero-order valence-corrected chi connectivity index (χ0v) is 13.7. The van der Waals surface area contributed by atoms with E-state index in [1.165, 1.54) is 0 Å². The molecule has 0 saturated carbocycles. The van der Waals surface area contributed by atoms with Crippen LogP contribution >= 0.6 is 0 Å². The molecule has 1 unspecified atom stereocenters. The summed E-state index contributed by atoms with van der Waals surface area (Å²) in [6.07, 6.45) is 0. The number of rotatable bonds is 3. The molecule has 8 nitrogen and oxygen atoms in total. The van der Waals surface area contributed by atoms with Crippen molar-refractivity contribution in [2.75, 3.05) is 5.94 Å². The fourth-order valence-electron chi connectivity index (χ4n) is 0.0454. The van der Waals surface area contributed by atoms with Gasteiger partial charge in [0.2, 0.25) is 0 Å². The van der Waals surface area contributed by atoms with Gasteiger partial charge in [-0.2, -0.15) is 0 Å². The van der Waals surface area contributed by atoms with Crippen molar-refractivity contribution in [3.63, 3.8) is 0 Å². The van der Waals surface area contributed by atoms with E-state index >= 15 is 0 Å². The van der Waals surface area contributed by atoms with E-state index in [0.29, 0.717) is 0 Å². The molecule has 1 atom stereocenters. The maximum Gasteiger partial charge on any atom is 1.00 e. The van der Waals surface area contributed by atoms with Crippen LogP contribution in [0.1, 0.15) is 0 Å².